The molecule has 0 saturated carbocycles. The van der Waals surface area contributed by atoms with Crippen molar-refractivity contribution < 1.29 is 18.3 Å². The zero-order valence-electron chi connectivity index (χ0n) is 15.9. The molecule has 0 aliphatic heterocycles. The third-order valence-electron chi connectivity index (χ3n) is 4.22. The van der Waals surface area contributed by atoms with E-state index in [0.717, 1.165) is 29.9 Å². The molecular weight excluding hydrogens is 346 g/mol. The van der Waals surface area contributed by atoms with Gasteiger partial charge in [0.1, 0.15) is 11.5 Å². The van der Waals surface area contributed by atoms with Gasteiger partial charge in [0.2, 0.25) is 0 Å². The Kier molecular flexibility index (Phi) is 9.39. The molecule has 146 valence electrons. The first-order chi connectivity index (χ1) is 13.2. The van der Waals surface area contributed by atoms with Crippen molar-refractivity contribution in [1.82, 2.24) is 0 Å². The van der Waals surface area contributed by atoms with E-state index in [1.807, 2.05) is 36.4 Å². The second-order valence-corrected chi connectivity index (χ2v) is 6.47. The number of unbranched alkanes of at least 4 members (excludes halogenated alkanes) is 5. The molecule has 0 heterocycles. The highest BCUT2D eigenvalue weighted by atomic mass is 19.3. The average molecular weight is 374 g/mol. The van der Waals surface area contributed by atoms with E-state index in [-0.39, 0.29) is 5.75 Å². The first-order valence-corrected chi connectivity index (χ1v) is 9.63. The minimum Gasteiger partial charge on any atom is -0.494 e. The van der Waals surface area contributed by atoms with Crippen LogP contribution in [0.2, 0.25) is 0 Å². The van der Waals surface area contributed by atoms with E-state index in [2.05, 4.69) is 11.7 Å². The molecule has 0 spiro atoms. The van der Waals surface area contributed by atoms with Crippen LogP contribution in [0.25, 0.3) is 12.2 Å². The van der Waals surface area contributed by atoms with Gasteiger partial charge in [0.05, 0.1) is 6.61 Å². The van der Waals surface area contributed by atoms with Crippen molar-refractivity contribution in [1.29, 1.82) is 0 Å². The third kappa shape index (κ3) is 8.72. The number of rotatable bonds is 12. The molecule has 2 aromatic carbocycles. The van der Waals surface area contributed by atoms with Gasteiger partial charge in [0, 0.05) is 0 Å². The molecule has 0 aromatic heterocycles. The summed E-state index contributed by atoms with van der Waals surface area (Å²) >= 11 is 0. The topological polar surface area (TPSA) is 18.5 Å². The highest BCUT2D eigenvalue weighted by Crippen LogP contribution is 2.18. The smallest absolute Gasteiger partial charge is 0.387 e. The lowest BCUT2D eigenvalue weighted by Gasteiger charge is -2.06. The zero-order chi connectivity index (χ0) is 19.3. The molecular formula is C23H28F2O2. The zero-order valence-corrected chi connectivity index (χ0v) is 15.9. The maximum atomic E-state index is 12.1. The van der Waals surface area contributed by atoms with Crippen LogP contribution in [0.1, 0.15) is 56.6 Å². The Balaban J connectivity index is 1.73. The monoisotopic (exact) mass is 374 g/mol. The SMILES string of the molecule is CCCCCCCCOc1ccc(C=Cc2ccc(OC(F)F)cc2)cc1. The van der Waals surface area contributed by atoms with Gasteiger partial charge in [-0.15, -0.1) is 0 Å². The van der Waals surface area contributed by atoms with E-state index in [9.17, 15) is 8.78 Å². The number of halogens is 2. The summed E-state index contributed by atoms with van der Waals surface area (Å²) in [5.74, 6) is 1.04. The number of alkyl halides is 2. The Morgan fingerprint density at radius 2 is 1.26 bits per heavy atom. The van der Waals surface area contributed by atoms with Gasteiger partial charge in [-0.1, -0.05) is 75.4 Å². The Morgan fingerprint density at radius 1 is 0.741 bits per heavy atom. The fourth-order valence-corrected chi connectivity index (χ4v) is 2.70. The van der Waals surface area contributed by atoms with Gasteiger partial charge in [-0.05, 0) is 41.8 Å². The first kappa shape index (κ1) is 20.9. The summed E-state index contributed by atoms with van der Waals surface area (Å²) in [6.07, 6.45) is 11.4. The number of ether oxygens (including phenoxy) is 2. The van der Waals surface area contributed by atoms with E-state index in [4.69, 9.17) is 4.74 Å². The summed E-state index contributed by atoms with van der Waals surface area (Å²) in [6.45, 7) is 0.186. The average Bonchev–Trinajstić information content (AvgIpc) is 2.67. The molecule has 0 aliphatic rings. The van der Waals surface area contributed by atoms with Crippen molar-refractivity contribution in [3.63, 3.8) is 0 Å². The largest absolute Gasteiger partial charge is 0.494 e. The molecule has 0 bridgehead atoms. The Hall–Kier alpha value is -2.36. The number of hydrogen-bond acceptors (Lipinski definition) is 2. The highest BCUT2D eigenvalue weighted by Gasteiger charge is 2.02. The minimum absolute atomic E-state index is 0.161. The lowest BCUT2D eigenvalue weighted by atomic mass is 10.1. The lowest BCUT2D eigenvalue weighted by molar-refractivity contribution is -0.0498. The van der Waals surface area contributed by atoms with E-state index in [0.29, 0.717) is 0 Å². The van der Waals surface area contributed by atoms with Crippen LogP contribution in [-0.2, 0) is 0 Å². The molecule has 2 rings (SSSR count). The molecule has 0 aliphatic carbocycles. The summed E-state index contributed by atoms with van der Waals surface area (Å²) < 4.78 is 34.4. The summed E-state index contributed by atoms with van der Waals surface area (Å²) in [4.78, 5) is 0. The number of benzene rings is 2. The Morgan fingerprint density at radius 3 is 1.81 bits per heavy atom. The fraction of sp³-hybridized carbons (Fsp3) is 0.391. The normalized spacial score (nSPS) is 11.3. The molecule has 0 radical (unpaired) electrons. The maximum Gasteiger partial charge on any atom is 0.387 e. The molecule has 0 N–H and O–H groups in total. The molecule has 0 atom stereocenters. The van der Waals surface area contributed by atoms with Gasteiger partial charge < -0.3 is 9.47 Å². The van der Waals surface area contributed by atoms with Gasteiger partial charge in [0.15, 0.2) is 0 Å². The second kappa shape index (κ2) is 12.1. The van der Waals surface area contributed by atoms with Gasteiger partial charge >= 0.3 is 6.61 Å². The van der Waals surface area contributed by atoms with E-state index >= 15 is 0 Å². The summed E-state index contributed by atoms with van der Waals surface area (Å²) in [7, 11) is 0. The molecule has 27 heavy (non-hydrogen) atoms. The maximum absolute atomic E-state index is 12.1. The van der Waals surface area contributed by atoms with E-state index in [1.165, 1.54) is 44.2 Å². The quantitative estimate of drug-likeness (QED) is 0.289. The third-order valence-corrected chi connectivity index (χ3v) is 4.22. The standard InChI is InChI=1S/C23H28F2O2/c1-2-3-4-5-6-7-18-26-21-14-10-19(11-15-21)8-9-20-12-16-22(17-13-20)27-23(24)25/h8-17,23H,2-7,18H2,1H3. The van der Waals surface area contributed by atoms with Crippen molar-refractivity contribution in [3.05, 3.63) is 59.7 Å². The molecule has 0 amide bonds. The van der Waals surface area contributed by atoms with E-state index < -0.39 is 6.61 Å². The van der Waals surface area contributed by atoms with Crippen molar-refractivity contribution in [3.8, 4) is 11.5 Å². The van der Waals surface area contributed by atoms with Crippen molar-refractivity contribution in [2.75, 3.05) is 6.61 Å². The molecule has 2 aromatic rings. The minimum atomic E-state index is -2.80. The summed E-state index contributed by atoms with van der Waals surface area (Å²) in [5.41, 5.74) is 1.97. The molecule has 0 saturated heterocycles. The second-order valence-electron chi connectivity index (χ2n) is 6.47. The van der Waals surface area contributed by atoms with E-state index in [1.54, 1.807) is 12.1 Å². The van der Waals surface area contributed by atoms with Crippen LogP contribution in [0.4, 0.5) is 8.78 Å². The summed E-state index contributed by atoms with van der Waals surface area (Å²) in [5, 5.41) is 0. The molecule has 2 nitrogen and oxygen atoms in total. The van der Waals surface area contributed by atoms with Crippen LogP contribution in [0.3, 0.4) is 0 Å². The van der Waals surface area contributed by atoms with Gasteiger partial charge in [0.25, 0.3) is 0 Å². The molecule has 0 unspecified atom stereocenters. The molecule has 4 heteroatoms. The van der Waals surface area contributed by atoms with Crippen LogP contribution in [-0.4, -0.2) is 13.2 Å². The van der Waals surface area contributed by atoms with Gasteiger partial charge in [-0.3, -0.25) is 0 Å². The van der Waals surface area contributed by atoms with Crippen LogP contribution in [0.15, 0.2) is 48.5 Å². The van der Waals surface area contributed by atoms with Crippen LogP contribution in [0.5, 0.6) is 11.5 Å². The first-order valence-electron chi connectivity index (χ1n) is 9.63. The number of hydrogen-bond donors (Lipinski definition) is 0. The molecule has 0 fully saturated rings. The Labute approximate surface area is 160 Å². The van der Waals surface area contributed by atoms with Crippen LogP contribution < -0.4 is 9.47 Å². The van der Waals surface area contributed by atoms with Crippen molar-refractivity contribution in [2.24, 2.45) is 0 Å². The van der Waals surface area contributed by atoms with Gasteiger partial charge in [-0.2, -0.15) is 8.78 Å². The predicted molar refractivity (Wildman–Crippen MR) is 107 cm³/mol. The lowest BCUT2D eigenvalue weighted by Crippen LogP contribution is -2.01. The predicted octanol–water partition coefficient (Wildman–Crippen LogP) is 7.20. The van der Waals surface area contributed by atoms with Crippen LogP contribution >= 0.6 is 0 Å². The van der Waals surface area contributed by atoms with Crippen LogP contribution in [0, 0.1) is 0 Å². The fourth-order valence-electron chi connectivity index (χ4n) is 2.70. The highest BCUT2D eigenvalue weighted by molar-refractivity contribution is 5.70. The summed E-state index contributed by atoms with van der Waals surface area (Å²) in [6, 6.07) is 14.5. The van der Waals surface area contributed by atoms with Crippen molar-refractivity contribution in [2.45, 2.75) is 52.1 Å². The van der Waals surface area contributed by atoms with Crippen molar-refractivity contribution >= 4 is 12.2 Å². The van der Waals surface area contributed by atoms with Gasteiger partial charge in [-0.25, -0.2) is 0 Å². The Bertz CT molecular complexity index is 664.